The minimum Gasteiger partial charge on any atom is -0.504 e. The molecule has 2 aliphatic carbocycles. The van der Waals surface area contributed by atoms with Gasteiger partial charge in [-0.05, 0) is 119 Å². The number of nitrogens with two attached hydrogens (primary N) is 1. The number of aromatic hydroxyl groups is 1. The lowest BCUT2D eigenvalue weighted by atomic mass is 9.66. The van der Waals surface area contributed by atoms with Crippen molar-refractivity contribution in [1.29, 1.82) is 0 Å². The van der Waals surface area contributed by atoms with Crippen molar-refractivity contribution in [2.45, 2.75) is 146 Å². The molecule has 13 nitrogen and oxygen atoms in total. The number of aliphatic hydroxyl groups excluding tert-OH is 3. The number of benzene rings is 3. The van der Waals surface area contributed by atoms with E-state index in [0.717, 1.165) is 32.2 Å². The van der Waals surface area contributed by atoms with Crippen molar-refractivity contribution >= 4 is 11.9 Å². The number of hydrogen-bond acceptors (Lipinski definition) is 13. The third kappa shape index (κ3) is 11.7. The number of phenolic OH excluding ortho intramolecular Hbond substituents is 1. The van der Waals surface area contributed by atoms with Gasteiger partial charge in [0.2, 0.25) is 0 Å². The van der Waals surface area contributed by atoms with Crippen molar-refractivity contribution in [3.63, 3.8) is 0 Å². The molecule has 0 saturated carbocycles. The Morgan fingerprint density at radius 3 is 2.66 bits per heavy atom. The summed E-state index contributed by atoms with van der Waals surface area (Å²) in [7, 11) is 0. The second kappa shape index (κ2) is 21.1. The van der Waals surface area contributed by atoms with E-state index in [9.17, 15) is 30.3 Å². The van der Waals surface area contributed by atoms with Crippen LogP contribution in [-0.2, 0) is 28.8 Å². The van der Waals surface area contributed by atoms with E-state index in [2.05, 4.69) is 84.1 Å². The number of esters is 1. The topological polar surface area (TPSA) is 211 Å². The quantitative estimate of drug-likeness (QED) is 0.0729. The summed E-state index contributed by atoms with van der Waals surface area (Å²) in [5, 5.41) is 68.0. The molecule has 360 valence electrons. The largest absolute Gasteiger partial charge is 0.504 e. The number of ether oxygens (including phenoxy) is 2. The molecule has 3 aliphatic heterocycles. The van der Waals surface area contributed by atoms with Gasteiger partial charge in [0.1, 0.15) is 12.2 Å². The van der Waals surface area contributed by atoms with E-state index < -0.39 is 53.9 Å². The molecule has 10 atom stereocenters. The molecule has 13 heteroatoms. The van der Waals surface area contributed by atoms with E-state index in [1.165, 1.54) is 40.8 Å². The number of nitrogens with one attached hydrogen (secondary N) is 3. The van der Waals surface area contributed by atoms with Gasteiger partial charge in [0.15, 0.2) is 23.7 Å². The Labute approximate surface area is 395 Å². The number of aliphatic imine (C=N–C) groups is 1. The summed E-state index contributed by atoms with van der Waals surface area (Å²) in [4.78, 5) is 17.9. The van der Waals surface area contributed by atoms with Crippen LogP contribution >= 0.6 is 0 Å². The van der Waals surface area contributed by atoms with E-state index in [1.807, 2.05) is 12.2 Å². The van der Waals surface area contributed by atoms with Crippen LogP contribution in [0.25, 0.3) is 0 Å². The maximum Gasteiger partial charge on any atom is 0.302 e. The number of aliphatic hydroxyl groups is 4. The molecule has 10 unspecified atom stereocenters. The average molecular weight is 918 g/mol. The highest BCUT2D eigenvalue weighted by molar-refractivity contribution is 5.78. The third-order valence-electron chi connectivity index (χ3n) is 15.1. The number of fused-ring (bicyclic) bond motifs is 7. The van der Waals surface area contributed by atoms with Crippen LogP contribution < -0.4 is 26.4 Å². The van der Waals surface area contributed by atoms with Gasteiger partial charge in [0.25, 0.3) is 0 Å². The Kier molecular flexibility index (Phi) is 15.3. The predicted molar refractivity (Wildman–Crippen MR) is 258 cm³/mol. The molecule has 2 spiro atoms. The van der Waals surface area contributed by atoms with Gasteiger partial charge in [-0.15, -0.1) is 0 Å². The summed E-state index contributed by atoms with van der Waals surface area (Å²) in [5.41, 5.74) is 12.1. The number of phenols is 1. The first-order valence-electron chi connectivity index (χ1n) is 24.5. The predicted octanol–water partition coefficient (Wildman–Crippen LogP) is 5.05. The Hall–Kier alpha value is -4.94. The van der Waals surface area contributed by atoms with E-state index in [0.29, 0.717) is 57.3 Å². The fourth-order valence-electron chi connectivity index (χ4n) is 11.7. The molecule has 0 amide bonds. The number of piperidine rings is 1. The second-order valence-corrected chi connectivity index (χ2v) is 20.2. The fraction of sp³-hybridized carbons (Fsp3) is 0.556. The van der Waals surface area contributed by atoms with Crippen LogP contribution in [0, 0.1) is 42.9 Å². The highest BCUT2D eigenvalue weighted by Crippen LogP contribution is 2.43. The lowest BCUT2D eigenvalue weighted by Crippen LogP contribution is -2.59. The molecule has 3 aromatic carbocycles. The van der Waals surface area contributed by atoms with E-state index >= 15 is 0 Å². The van der Waals surface area contributed by atoms with E-state index in [1.54, 1.807) is 6.07 Å². The van der Waals surface area contributed by atoms with Gasteiger partial charge in [0.05, 0.1) is 23.7 Å². The SMILES string of the molecule is CC(=O)OC1CC(O)CCC23C#CC4CCCC5(CNCCc6cccc(c6)C(Cc6cc(C)cc(C)c6)CN=C(N)NC2C=CCC3O)CC(CCN5)Oc2cc(c(C(O)O)cc2O)CC41. The highest BCUT2D eigenvalue weighted by Gasteiger charge is 2.47. The van der Waals surface area contributed by atoms with Gasteiger partial charge in [0, 0.05) is 61.7 Å². The molecule has 1 fully saturated rings. The summed E-state index contributed by atoms with van der Waals surface area (Å²) in [6, 6.07) is 17.9. The van der Waals surface area contributed by atoms with Crippen molar-refractivity contribution in [2.75, 3.05) is 26.2 Å². The lowest BCUT2D eigenvalue weighted by molar-refractivity contribution is -0.152. The van der Waals surface area contributed by atoms with Gasteiger partial charge >= 0.3 is 5.97 Å². The number of rotatable bonds is 4. The molecule has 5 aliphatic rings. The van der Waals surface area contributed by atoms with Crippen molar-refractivity contribution in [3.8, 4) is 23.3 Å². The number of guanidine groups is 1. The number of carbonyl (C=O) groups is 1. The lowest BCUT2D eigenvalue weighted by Gasteiger charge is -2.43. The molecule has 3 aromatic rings. The first-order valence-corrected chi connectivity index (χ1v) is 24.5. The van der Waals surface area contributed by atoms with Crippen LogP contribution in [-0.4, -0.2) is 99.6 Å². The van der Waals surface area contributed by atoms with Gasteiger partial charge in [-0.1, -0.05) is 84.0 Å². The summed E-state index contributed by atoms with van der Waals surface area (Å²) in [6.45, 7) is 8.13. The Morgan fingerprint density at radius 2 is 1.87 bits per heavy atom. The number of carbonyl (C=O) groups excluding carboxylic acids is 1. The van der Waals surface area contributed by atoms with E-state index in [4.69, 9.17) is 20.2 Å². The van der Waals surface area contributed by atoms with Crippen molar-refractivity contribution in [3.05, 3.63) is 106 Å². The van der Waals surface area contributed by atoms with E-state index in [-0.39, 0.29) is 59.8 Å². The molecular formula is C54H71N5O8. The van der Waals surface area contributed by atoms with Crippen LogP contribution in [0.1, 0.15) is 116 Å². The summed E-state index contributed by atoms with van der Waals surface area (Å²) >= 11 is 0. The minimum absolute atomic E-state index is 0.0214. The molecule has 8 bridgehead atoms. The molecule has 1 saturated heterocycles. The van der Waals surface area contributed by atoms with Gasteiger partial charge in [-0.2, -0.15) is 0 Å². The molecule has 3 heterocycles. The monoisotopic (exact) mass is 918 g/mol. The summed E-state index contributed by atoms with van der Waals surface area (Å²) in [5.74, 6) is 6.13. The normalized spacial score (nSPS) is 31.6. The zero-order valence-corrected chi connectivity index (χ0v) is 39.3. The fourth-order valence-corrected chi connectivity index (χ4v) is 11.7. The van der Waals surface area contributed by atoms with Crippen molar-refractivity contribution in [2.24, 2.45) is 28.0 Å². The molecule has 10 N–H and O–H groups in total. The van der Waals surface area contributed by atoms with Gasteiger partial charge < -0.3 is 56.7 Å². The number of aryl methyl sites for hydroxylation is 2. The first kappa shape index (κ1) is 48.5. The molecule has 0 aromatic heterocycles. The number of hydrogen-bond donors (Lipinski definition) is 9. The summed E-state index contributed by atoms with van der Waals surface area (Å²) in [6.07, 6.45) is 5.38. The Bertz CT molecular complexity index is 2340. The Morgan fingerprint density at radius 1 is 1.04 bits per heavy atom. The standard InChI is InChI=1S/C54H71N5O8/c1-33-21-34(2)23-37(22-33)25-41-31-57-52(55)59-49-10-5-11-50(63)54(49)17-12-38-9-6-16-53(32-56-19-14-36-7-4-8-39(41)24-36)30-43(15-20-58-53)67-48-27-40(45(51(64)65)29-46(48)62)26-44(38)47(66-35(3)60)28-42(61)13-18-54/h4-5,7-8,10,21-24,27,29,38,41-44,47,49-51,56,58,61-65H,6,9,11,13-16,18-20,25-26,28,30-32H2,1-3H3,(H3,55,57,59). The molecular weight excluding hydrogens is 847 g/mol. The van der Waals surface area contributed by atoms with Crippen LogP contribution in [0.2, 0.25) is 0 Å². The van der Waals surface area contributed by atoms with Crippen molar-refractivity contribution < 1.29 is 39.8 Å². The van der Waals surface area contributed by atoms with Gasteiger partial charge in [-0.25, -0.2) is 0 Å². The zero-order chi connectivity index (χ0) is 47.3. The smallest absolute Gasteiger partial charge is 0.302 e. The second-order valence-electron chi connectivity index (χ2n) is 20.2. The maximum absolute atomic E-state index is 12.9. The van der Waals surface area contributed by atoms with Crippen LogP contribution in [0.15, 0.2) is 71.7 Å². The van der Waals surface area contributed by atoms with Gasteiger partial charge in [-0.3, -0.25) is 9.79 Å². The van der Waals surface area contributed by atoms with Crippen LogP contribution in [0.4, 0.5) is 0 Å². The third-order valence-corrected chi connectivity index (χ3v) is 15.1. The van der Waals surface area contributed by atoms with Crippen molar-refractivity contribution in [1.82, 2.24) is 16.0 Å². The van der Waals surface area contributed by atoms with Crippen LogP contribution in [0.3, 0.4) is 0 Å². The Balaban J connectivity index is 1.27. The molecule has 0 radical (unpaired) electrons. The maximum atomic E-state index is 12.9. The molecule has 8 rings (SSSR count). The zero-order valence-electron chi connectivity index (χ0n) is 39.3. The first-order chi connectivity index (χ1) is 32.2. The minimum atomic E-state index is -1.92. The van der Waals surface area contributed by atoms with Crippen LogP contribution in [0.5, 0.6) is 11.5 Å². The molecule has 67 heavy (non-hydrogen) atoms. The average Bonchev–Trinajstić information content (AvgIpc) is 3.27. The summed E-state index contributed by atoms with van der Waals surface area (Å²) < 4.78 is 12.8. The number of nitrogens with zero attached hydrogens (tertiary/aromatic N) is 1. The highest BCUT2D eigenvalue weighted by atomic mass is 16.5.